The van der Waals surface area contributed by atoms with Gasteiger partial charge in [-0.1, -0.05) is 28.1 Å². The van der Waals surface area contributed by atoms with E-state index >= 15 is 0 Å². The molecule has 0 unspecified atom stereocenters. The molecule has 0 radical (unpaired) electrons. The second-order valence-corrected chi connectivity index (χ2v) is 8.34. The van der Waals surface area contributed by atoms with E-state index in [1.54, 1.807) is 30.1 Å². The molecular formula is C26H19BrN4O3. The number of fused-ring (bicyclic) bond motifs is 1. The number of aromatic nitrogens is 3. The molecule has 8 heteroatoms. The van der Waals surface area contributed by atoms with Crippen LogP contribution in [-0.2, 0) is 4.79 Å². The largest absolute Gasteiger partial charge is 0.497 e. The summed E-state index contributed by atoms with van der Waals surface area (Å²) in [5.41, 5.74) is 3.79. The van der Waals surface area contributed by atoms with Gasteiger partial charge >= 0.3 is 0 Å². The minimum absolute atomic E-state index is 0.275. The number of nitrogens with zero attached hydrogens (tertiary/aromatic N) is 3. The molecule has 0 saturated carbocycles. The Morgan fingerprint density at radius 1 is 0.971 bits per heavy atom. The maximum atomic E-state index is 12.4. The van der Waals surface area contributed by atoms with Gasteiger partial charge in [0.1, 0.15) is 28.3 Å². The monoisotopic (exact) mass is 514 g/mol. The molecule has 1 N–H and O–H groups in total. The van der Waals surface area contributed by atoms with Crippen molar-refractivity contribution in [2.75, 3.05) is 12.4 Å². The average molecular weight is 515 g/mol. The number of hydrogen-bond donors (Lipinski definition) is 1. The fourth-order valence-electron chi connectivity index (χ4n) is 3.38. The Morgan fingerprint density at radius 3 is 2.50 bits per heavy atom. The molecule has 2 heterocycles. The Kier molecular flexibility index (Phi) is 5.97. The second-order valence-electron chi connectivity index (χ2n) is 7.42. The first-order valence-corrected chi connectivity index (χ1v) is 11.2. The van der Waals surface area contributed by atoms with Crippen LogP contribution in [0.5, 0.6) is 5.75 Å². The molecule has 0 aliphatic rings. The van der Waals surface area contributed by atoms with Crippen molar-refractivity contribution >= 4 is 44.6 Å². The van der Waals surface area contributed by atoms with Crippen LogP contribution in [0, 0.1) is 0 Å². The zero-order valence-corrected chi connectivity index (χ0v) is 19.7. The van der Waals surface area contributed by atoms with Gasteiger partial charge in [-0.3, -0.25) is 4.79 Å². The maximum Gasteiger partial charge on any atom is 0.248 e. The number of amides is 1. The topological polar surface area (TPSA) is 82.2 Å². The number of carbonyl (C=O) groups is 1. The van der Waals surface area contributed by atoms with Crippen molar-refractivity contribution in [3.63, 3.8) is 0 Å². The molecule has 168 valence electrons. The summed E-state index contributed by atoms with van der Waals surface area (Å²) in [5.74, 6) is 1.81. The van der Waals surface area contributed by atoms with Crippen molar-refractivity contribution in [1.82, 2.24) is 15.0 Å². The molecule has 0 atom stereocenters. The van der Waals surface area contributed by atoms with Crippen molar-refractivity contribution in [3.05, 3.63) is 95.2 Å². The predicted molar refractivity (Wildman–Crippen MR) is 135 cm³/mol. The summed E-state index contributed by atoms with van der Waals surface area (Å²) in [6.07, 6.45) is 3.07. The van der Waals surface area contributed by atoms with Gasteiger partial charge in [0.05, 0.1) is 12.8 Å². The minimum atomic E-state index is -0.275. The predicted octanol–water partition coefficient (Wildman–Crippen LogP) is 6.10. The Hall–Kier alpha value is -4.17. The van der Waals surface area contributed by atoms with Crippen molar-refractivity contribution < 1.29 is 13.9 Å². The fourth-order valence-corrected chi connectivity index (χ4v) is 3.64. The van der Waals surface area contributed by atoms with Crippen molar-refractivity contribution in [3.8, 4) is 22.8 Å². The van der Waals surface area contributed by atoms with Gasteiger partial charge in [-0.2, -0.15) is 4.80 Å². The van der Waals surface area contributed by atoms with Crippen LogP contribution in [0.1, 0.15) is 5.76 Å². The lowest BCUT2D eigenvalue weighted by molar-refractivity contribution is -0.111. The van der Waals surface area contributed by atoms with Crippen LogP contribution >= 0.6 is 15.9 Å². The SMILES string of the molecule is COc1ccc(-n2nc3ccc(NC(=O)/C=C/c4ccc(-c5ccc(Br)cc5)o4)cc3n2)cc1. The lowest BCUT2D eigenvalue weighted by Crippen LogP contribution is -2.07. The van der Waals surface area contributed by atoms with Crippen LogP contribution in [0.25, 0.3) is 34.1 Å². The van der Waals surface area contributed by atoms with E-state index in [1.165, 1.54) is 6.08 Å². The number of benzene rings is 3. The van der Waals surface area contributed by atoms with Crippen LogP contribution in [0.4, 0.5) is 5.69 Å². The van der Waals surface area contributed by atoms with E-state index < -0.39 is 0 Å². The molecular weight excluding hydrogens is 496 g/mol. The zero-order chi connectivity index (χ0) is 23.5. The third kappa shape index (κ3) is 4.77. The summed E-state index contributed by atoms with van der Waals surface area (Å²) in [5, 5.41) is 11.9. The molecule has 7 nitrogen and oxygen atoms in total. The van der Waals surface area contributed by atoms with Crippen LogP contribution in [0.15, 0.2) is 93.8 Å². The first-order chi connectivity index (χ1) is 16.6. The van der Waals surface area contributed by atoms with Crippen LogP contribution in [-0.4, -0.2) is 28.0 Å². The van der Waals surface area contributed by atoms with E-state index in [0.29, 0.717) is 17.0 Å². The lowest BCUT2D eigenvalue weighted by atomic mass is 10.2. The molecule has 5 aromatic rings. The van der Waals surface area contributed by atoms with Gasteiger partial charge in [-0.15, -0.1) is 10.2 Å². The molecule has 5 rings (SSSR count). The van der Waals surface area contributed by atoms with Gasteiger partial charge in [0.25, 0.3) is 0 Å². The van der Waals surface area contributed by atoms with Gasteiger partial charge in [-0.05, 0) is 72.8 Å². The van der Waals surface area contributed by atoms with Gasteiger partial charge in [-0.25, -0.2) is 0 Å². The molecule has 0 fully saturated rings. The van der Waals surface area contributed by atoms with Gasteiger partial charge in [0.15, 0.2) is 0 Å². The zero-order valence-electron chi connectivity index (χ0n) is 18.1. The average Bonchev–Trinajstić information content (AvgIpc) is 3.50. The summed E-state index contributed by atoms with van der Waals surface area (Å²) in [6, 6.07) is 24.4. The highest BCUT2D eigenvalue weighted by Gasteiger charge is 2.08. The van der Waals surface area contributed by atoms with E-state index in [9.17, 15) is 4.79 Å². The number of carbonyl (C=O) groups excluding carboxylic acids is 1. The number of halogens is 1. The van der Waals surface area contributed by atoms with Crippen molar-refractivity contribution in [2.45, 2.75) is 0 Å². The normalized spacial score (nSPS) is 11.2. The van der Waals surface area contributed by atoms with Gasteiger partial charge in [0, 0.05) is 21.8 Å². The summed E-state index contributed by atoms with van der Waals surface area (Å²) in [4.78, 5) is 14.0. The molecule has 34 heavy (non-hydrogen) atoms. The molecule has 1 amide bonds. The number of furan rings is 1. The standard InChI is InChI=1S/C26H19BrN4O3/c1-33-21-9-7-20(8-10-21)31-29-23-13-6-19(16-24(23)30-31)28-26(32)15-12-22-11-14-25(34-22)17-2-4-18(27)5-3-17/h2-16H,1H3,(H,28,32)/b15-12+. The molecule has 2 aromatic heterocycles. The first kappa shape index (κ1) is 21.7. The maximum absolute atomic E-state index is 12.4. The second kappa shape index (κ2) is 9.36. The van der Waals surface area contributed by atoms with Gasteiger partial charge < -0.3 is 14.5 Å². The van der Waals surface area contributed by atoms with Crippen molar-refractivity contribution in [2.24, 2.45) is 0 Å². The van der Waals surface area contributed by atoms with Crippen molar-refractivity contribution in [1.29, 1.82) is 0 Å². The Morgan fingerprint density at radius 2 is 1.74 bits per heavy atom. The highest BCUT2D eigenvalue weighted by molar-refractivity contribution is 9.10. The number of hydrogen-bond acceptors (Lipinski definition) is 5. The van der Waals surface area contributed by atoms with Gasteiger partial charge in [0.2, 0.25) is 5.91 Å². The molecule has 0 aliphatic heterocycles. The van der Waals surface area contributed by atoms with Crippen LogP contribution in [0.2, 0.25) is 0 Å². The third-order valence-corrected chi connectivity index (χ3v) is 5.63. The summed E-state index contributed by atoms with van der Waals surface area (Å²) in [6.45, 7) is 0. The number of rotatable bonds is 6. The highest BCUT2D eigenvalue weighted by atomic mass is 79.9. The smallest absolute Gasteiger partial charge is 0.248 e. The summed E-state index contributed by atoms with van der Waals surface area (Å²) in [7, 11) is 1.62. The lowest BCUT2D eigenvalue weighted by Gasteiger charge is -2.01. The quantitative estimate of drug-likeness (QED) is 0.276. The molecule has 0 spiro atoms. The molecule has 0 aliphatic carbocycles. The highest BCUT2D eigenvalue weighted by Crippen LogP contribution is 2.25. The van der Waals surface area contributed by atoms with E-state index in [1.807, 2.05) is 66.7 Å². The Balaban J connectivity index is 1.27. The molecule has 0 bridgehead atoms. The Labute approximate surface area is 203 Å². The van der Waals surface area contributed by atoms with Crippen LogP contribution in [0.3, 0.4) is 0 Å². The molecule has 0 saturated heterocycles. The Bertz CT molecular complexity index is 1490. The van der Waals surface area contributed by atoms with E-state index in [0.717, 1.165) is 32.8 Å². The number of anilines is 1. The molecule has 3 aromatic carbocycles. The minimum Gasteiger partial charge on any atom is -0.497 e. The summed E-state index contributed by atoms with van der Waals surface area (Å²) < 4.78 is 12.0. The number of ether oxygens (including phenoxy) is 1. The van der Waals surface area contributed by atoms with E-state index in [2.05, 4.69) is 31.4 Å². The van der Waals surface area contributed by atoms with E-state index in [4.69, 9.17) is 9.15 Å². The fraction of sp³-hybridized carbons (Fsp3) is 0.0385. The first-order valence-electron chi connectivity index (χ1n) is 10.4. The number of methoxy groups -OCH3 is 1. The third-order valence-electron chi connectivity index (χ3n) is 5.11. The number of nitrogens with one attached hydrogen (secondary N) is 1. The summed E-state index contributed by atoms with van der Waals surface area (Å²) >= 11 is 3.42. The van der Waals surface area contributed by atoms with E-state index in [-0.39, 0.29) is 5.91 Å². The van der Waals surface area contributed by atoms with Crippen LogP contribution < -0.4 is 10.1 Å².